The fourth-order valence-electron chi connectivity index (χ4n) is 2.93. The van der Waals surface area contributed by atoms with E-state index in [2.05, 4.69) is 56.1 Å². The fraction of sp³-hybridized carbons (Fsp3) is 0.600. The van der Waals surface area contributed by atoms with Crippen LogP contribution in [0, 0.1) is 6.67 Å². The molecule has 0 aromatic heterocycles. The van der Waals surface area contributed by atoms with Gasteiger partial charge in [0, 0.05) is 31.9 Å². The molecule has 21 heavy (non-hydrogen) atoms. The third-order valence-corrected chi connectivity index (χ3v) is 4.00. The molecule has 0 aliphatic carbocycles. The van der Waals surface area contributed by atoms with Crippen molar-refractivity contribution >= 4 is 6.21 Å². The van der Waals surface area contributed by atoms with Crippen LogP contribution in [0.25, 0.3) is 0 Å². The summed E-state index contributed by atoms with van der Waals surface area (Å²) >= 11 is 0. The second-order valence-corrected chi connectivity index (χ2v) is 5.47. The first-order chi connectivity index (χ1) is 10.4. The predicted octanol–water partition coefficient (Wildman–Crippen LogP) is -0.0268. The van der Waals surface area contributed by atoms with Gasteiger partial charge in [-0.05, 0) is 25.5 Å². The molecule has 3 unspecified atom stereocenters. The zero-order valence-corrected chi connectivity index (χ0v) is 12.3. The molecule has 0 fully saturated rings. The van der Waals surface area contributed by atoms with Gasteiger partial charge in [-0.2, -0.15) is 0 Å². The van der Waals surface area contributed by atoms with E-state index >= 15 is 0 Å². The van der Waals surface area contributed by atoms with E-state index in [1.54, 1.807) is 0 Å². The maximum atomic E-state index is 4.62. The summed E-state index contributed by atoms with van der Waals surface area (Å²) in [5.74, 6) is 0. The molecule has 6 nitrogen and oxygen atoms in total. The van der Waals surface area contributed by atoms with Crippen molar-refractivity contribution in [3.05, 3.63) is 31.1 Å². The van der Waals surface area contributed by atoms with Crippen LogP contribution >= 0.6 is 0 Å². The van der Waals surface area contributed by atoms with Crippen molar-refractivity contribution in [1.29, 1.82) is 0 Å². The van der Waals surface area contributed by atoms with E-state index in [1.165, 1.54) is 0 Å². The third kappa shape index (κ3) is 3.91. The maximum absolute atomic E-state index is 4.62. The van der Waals surface area contributed by atoms with Crippen molar-refractivity contribution in [1.82, 2.24) is 26.2 Å². The Morgan fingerprint density at radius 1 is 1.14 bits per heavy atom. The Hall–Kier alpha value is -1.21. The molecule has 0 bridgehead atoms. The number of rotatable bonds is 2. The molecule has 0 aromatic carbocycles. The molecule has 2 radical (unpaired) electrons. The number of hydrogen-bond donors (Lipinski definition) is 4. The van der Waals surface area contributed by atoms with Crippen molar-refractivity contribution in [2.45, 2.75) is 37.8 Å². The molecule has 3 atom stereocenters. The molecule has 0 spiro atoms. The largest absolute Gasteiger partial charge is 0.367 e. The number of nitrogens with zero attached hydrogens (tertiary/aromatic N) is 2. The van der Waals surface area contributed by atoms with Gasteiger partial charge in [0.25, 0.3) is 0 Å². The maximum Gasteiger partial charge on any atom is 0.171 e. The third-order valence-electron chi connectivity index (χ3n) is 4.00. The average molecular weight is 288 g/mol. The highest BCUT2D eigenvalue weighted by Gasteiger charge is 2.32. The second-order valence-electron chi connectivity index (χ2n) is 5.47. The Balaban J connectivity index is 1.73. The lowest BCUT2D eigenvalue weighted by Gasteiger charge is -2.40. The molecule has 0 saturated heterocycles. The van der Waals surface area contributed by atoms with Crippen LogP contribution in [0.5, 0.6) is 0 Å². The van der Waals surface area contributed by atoms with Gasteiger partial charge < -0.3 is 5.32 Å². The summed E-state index contributed by atoms with van der Waals surface area (Å²) in [6.07, 6.45) is 13.9. The summed E-state index contributed by atoms with van der Waals surface area (Å²) in [6.45, 7) is 5.82. The quantitative estimate of drug-likeness (QED) is 0.538. The van der Waals surface area contributed by atoms with Crippen LogP contribution < -0.4 is 21.3 Å². The smallest absolute Gasteiger partial charge is 0.171 e. The summed E-state index contributed by atoms with van der Waals surface area (Å²) in [7, 11) is 0. The summed E-state index contributed by atoms with van der Waals surface area (Å²) in [5, 5.41) is 13.5. The van der Waals surface area contributed by atoms with Crippen LogP contribution in [-0.2, 0) is 0 Å². The number of allylic oxidation sites excluding steroid dienone is 1. The zero-order chi connectivity index (χ0) is 14.3. The molecule has 3 aliphatic heterocycles. The summed E-state index contributed by atoms with van der Waals surface area (Å²) in [4.78, 5) is 7.00. The van der Waals surface area contributed by atoms with Crippen LogP contribution in [0.4, 0.5) is 0 Å². The van der Waals surface area contributed by atoms with Gasteiger partial charge >= 0.3 is 0 Å². The molecule has 3 rings (SSSR count). The van der Waals surface area contributed by atoms with Crippen molar-refractivity contribution in [2.24, 2.45) is 4.99 Å². The standard InChI is InChI=1S/C15H24N6/c1-2-7-16-12-20-13(6-1)14-17-8-3-4-11-21(14)15-18-9-5-10-19-15/h2-4,7,9,13-17,19-20H,1,5-6,8,10-11H2/b7-2-. The van der Waals surface area contributed by atoms with Gasteiger partial charge in [-0.25, -0.2) is 4.90 Å². The lowest BCUT2D eigenvalue weighted by molar-refractivity contribution is 0.0819. The molecule has 0 amide bonds. The van der Waals surface area contributed by atoms with E-state index in [0.29, 0.717) is 6.04 Å². The first-order valence-corrected chi connectivity index (χ1v) is 7.75. The summed E-state index contributed by atoms with van der Waals surface area (Å²) < 4.78 is 0. The second kappa shape index (κ2) is 7.70. The minimum atomic E-state index is 0.0507. The molecule has 4 N–H and O–H groups in total. The summed E-state index contributed by atoms with van der Waals surface area (Å²) in [5.41, 5.74) is 0. The van der Waals surface area contributed by atoms with Crippen LogP contribution in [0.1, 0.15) is 19.3 Å². The molecular formula is C15H24N6. The molecule has 114 valence electrons. The van der Waals surface area contributed by atoms with Crippen LogP contribution in [0.15, 0.2) is 29.4 Å². The van der Waals surface area contributed by atoms with Crippen molar-refractivity contribution in [3.8, 4) is 0 Å². The van der Waals surface area contributed by atoms with Crippen molar-refractivity contribution in [2.75, 3.05) is 19.6 Å². The van der Waals surface area contributed by atoms with Crippen LogP contribution in [-0.4, -0.2) is 49.2 Å². The minimum absolute atomic E-state index is 0.0507. The van der Waals surface area contributed by atoms with Gasteiger partial charge in [0.05, 0.1) is 6.17 Å². The van der Waals surface area contributed by atoms with E-state index in [-0.39, 0.29) is 12.5 Å². The van der Waals surface area contributed by atoms with Gasteiger partial charge in [0.1, 0.15) is 0 Å². The molecule has 3 aliphatic rings. The van der Waals surface area contributed by atoms with Crippen LogP contribution in [0.3, 0.4) is 0 Å². The highest BCUT2D eigenvalue weighted by molar-refractivity contribution is 5.58. The van der Waals surface area contributed by atoms with Crippen LogP contribution in [0.2, 0.25) is 0 Å². The monoisotopic (exact) mass is 288 g/mol. The van der Waals surface area contributed by atoms with Gasteiger partial charge in [-0.3, -0.25) is 20.9 Å². The predicted molar refractivity (Wildman–Crippen MR) is 84.2 cm³/mol. The number of nitrogens with one attached hydrogen (secondary N) is 4. The van der Waals surface area contributed by atoms with E-state index in [4.69, 9.17) is 0 Å². The lowest BCUT2D eigenvalue weighted by Crippen LogP contribution is -2.62. The molecule has 0 saturated carbocycles. The molecule has 6 heteroatoms. The van der Waals surface area contributed by atoms with E-state index in [0.717, 1.165) is 38.9 Å². The number of hydrogen-bond acceptors (Lipinski definition) is 6. The Morgan fingerprint density at radius 3 is 3.05 bits per heavy atom. The average Bonchev–Trinajstić information content (AvgIpc) is 2.74. The molecular weight excluding hydrogens is 264 g/mol. The van der Waals surface area contributed by atoms with Gasteiger partial charge in [-0.15, -0.1) is 0 Å². The van der Waals surface area contributed by atoms with E-state index in [1.807, 2.05) is 12.4 Å². The molecule has 3 heterocycles. The highest BCUT2D eigenvalue weighted by Crippen LogP contribution is 2.15. The first-order valence-electron chi connectivity index (χ1n) is 7.75. The Kier molecular flexibility index (Phi) is 5.40. The normalized spacial score (nSPS) is 36.3. The van der Waals surface area contributed by atoms with Gasteiger partial charge in [0.15, 0.2) is 13.0 Å². The Morgan fingerprint density at radius 2 is 2.14 bits per heavy atom. The van der Waals surface area contributed by atoms with Crippen molar-refractivity contribution < 1.29 is 0 Å². The minimum Gasteiger partial charge on any atom is -0.367 e. The fourth-order valence-corrected chi connectivity index (χ4v) is 2.93. The lowest BCUT2D eigenvalue weighted by atomic mass is 10.1. The highest BCUT2D eigenvalue weighted by atomic mass is 15.4. The summed E-state index contributed by atoms with van der Waals surface area (Å²) in [6, 6.07) is 0.293. The first kappa shape index (κ1) is 14.7. The van der Waals surface area contributed by atoms with Crippen molar-refractivity contribution in [3.63, 3.8) is 0 Å². The van der Waals surface area contributed by atoms with Gasteiger partial charge in [0.2, 0.25) is 0 Å². The topological polar surface area (TPSA) is 63.7 Å². The number of aliphatic imine (C=N–C) groups is 1. The van der Waals surface area contributed by atoms with Gasteiger partial charge in [-0.1, -0.05) is 18.2 Å². The zero-order valence-electron chi connectivity index (χ0n) is 12.3. The Bertz CT molecular complexity index is 405. The van der Waals surface area contributed by atoms with E-state index in [9.17, 15) is 0 Å². The molecule has 0 aromatic rings. The SMILES string of the molecule is [C]1N/C=C\CCC(C2NCC=CCN2C2N=CCCN2)N1. The Labute approximate surface area is 126 Å². The van der Waals surface area contributed by atoms with E-state index < -0.39 is 0 Å².